The van der Waals surface area contributed by atoms with Gasteiger partial charge in [-0.15, -0.1) is 0 Å². The fraction of sp³-hybridized carbons (Fsp3) is 0.941. The van der Waals surface area contributed by atoms with Crippen molar-refractivity contribution in [3.05, 3.63) is 0 Å². The van der Waals surface area contributed by atoms with Gasteiger partial charge in [0.25, 0.3) is 0 Å². The number of rotatable bonds is 1. The number of ether oxygens (including phenoxy) is 1. The summed E-state index contributed by atoms with van der Waals surface area (Å²) in [5, 5.41) is 0. The molecule has 1 amide bonds. The largest absolute Gasteiger partial charge is 0.377 e. The first-order valence-corrected chi connectivity index (χ1v) is 8.42. The maximum Gasteiger partial charge on any atom is 0.243 e. The summed E-state index contributed by atoms with van der Waals surface area (Å²) in [6.07, 6.45) is 2.27. The molecule has 0 bridgehead atoms. The maximum atomic E-state index is 13.3. The molecule has 120 valence electrons. The predicted octanol–water partition coefficient (Wildman–Crippen LogP) is 2.02. The minimum atomic E-state index is -0.751. The average molecular weight is 294 g/mol. The Labute approximate surface area is 128 Å². The summed E-state index contributed by atoms with van der Waals surface area (Å²) < 4.78 is 5.82. The van der Waals surface area contributed by atoms with Crippen LogP contribution in [0.2, 0.25) is 0 Å². The summed E-state index contributed by atoms with van der Waals surface area (Å²) in [7, 11) is 0. The molecule has 2 saturated heterocycles. The van der Waals surface area contributed by atoms with Gasteiger partial charge in [-0.2, -0.15) is 0 Å². The van der Waals surface area contributed by atoms with Crippen molar-refractivity contribution in [3.8, 4) is 0 Å². The second-order valence-electron chi connectivity index (χ2n) is 8.29. The first-order valence-electron chi connectivity index (χ1n) is 8.42. The van der Waals surface area contributed by atoms with Gasteiger partial charge in [-0.3, -0.25) is 4.79 Å². The molecule has 3 fully saturated rings. The van der Waals surface area contributed by atoms with E-state index in [9.17, 15) is 4.79 Å². The van der Waals surface area contributed by atoms with Crippen molar-refractivity contribution >= 4 is 5.91 Å². The molecule has 1 saturated carbocycles. The summed E-state index contributed by atoms with van der Waals surface area (Å²) in [5.41, 5.74) is 5.70. The molecule has 6 atom stereocenters. The second kappa shape index (κ2) is 4.69. The Hall–Kier alpha value is -0.610. The van der Waals surface area contributed by atoms with Gasteiger partial charge in [-0.25, -0.2) is 0 Å². The van der Waals surface area contributed by atoms with E-state index in [0.29, 0.717) is 11.8 Å². The van der Waals surface area contributed by atoms with Crippen LogP contribution in [0, 0.1) is 23.2 Å². The normalized spacial score (nSPS) is 48.7. The van der Waals surface area contributed by atoms with Crippen molar-refractivity contribution in [1.29, 1.82) is 0 Å². The van der Waals surface area contributed by atoms with Gasteiger partial charge in [0.1, 0.15) is 5.54 Å². The zero-order valence-corrected chi connectivity index (χ0v) is 14.1. The summed E-state index contributed by atoms with van der Waals surface area (Å²) in [5.74, 6) is 1.45. The van der Waals surface area contributed by atoms with Gasteiger partial charge >= 0.3 is 0 Å². The number of hydrogen-bond acceptors (Lipinski definition) is 3. The number of likely N-dealkylation sites (tertiary alicyclic amines) is 1. The molecule has 2 heterocycles. The molecule has 0 radical (unpaired) electrons. The van der Waals surface area contributed by atoms with Crippen LogP contribution in [0.1, 0.15) is 47.5 Å². The van der Waals surface area contributed by atoms with E-state index in [1.165, 1.54) is 6.42 Å². The highest BCUT2D eigenvalue weighted by atomic mass is 16.5. The van der Waals surface area contributed by atoms with Gasteiger partial charge in [0, 0.05) is 30.5 Å². The Morgan fingerprint density at radius 1 is 1.29 bits per heavy atom. The van der Waals surface area contributed by atoms with Crippen molar-refractivity contribution in [2.75, 3.05) is 13.2 Å². The molecule has 0 aromatic carbocycles. The molecule has 3 rings (SSSR count). The number of fused-ring (bicyclic) bond motifs is 1. The summed E-state index contributed by atoms with van der Waals surface area (Å²) in [6, 6.07) is 0.284. The van der Waals surface area contributed by atoms with E-state index in [1.54, 1.807) is 0 Å². The first kappa shape index (κ1) is 15.3. The van der Waals surface area contributed by atoms with Crippen LogP contribution in [0.15, 0.2) is 0 Å². The number of amides is 1. The first-order chi connectivity index (χ1) is 9.71. The van der Waals surface area contributed by atoms with Gasteiger partial charge < -0.3 is 15.4 Å². The van der Waals surface area contributed by atoms with Crippen LogP contribution in [0.5, 0.6) is 0 Å². The summed E-state index contributed by atoms with van der Waals surface area (Å²) >= 11 is 0. The van der Waals surface area contributed by atoms with Crippen molar-refractivity contribution in [2.24, 2.45) is 28.9 Å². The monoisotopic (exact) mass is 294 g/mol. The highest BCUT2D eigenvalue weighted by molar-refractivity contribution is 5.90. The van der Waals surface area contributed by atoms with E-state index in [1.807, 2.05) is 0 Å². The van der Waals surface area contributed by atoms with Gasteiger partial charge in [0.05, 0.1) is 6.10 Å². The SMILES string of the molecule is CC1CC(C)C(C)N(C(=O)C2(N)C3CCOC3C2(C)C)C1. The Bertz CT molecular complexity index is 450. The molecule has 4 heteroatoms. The molecule has 3 aliphatic rings. The number of nitrogens with zero attached hydrogens (tertiary/aromatic N) is 1. The van der Waals surface area contributed by atoms with Gasteiger partial charge in [0.2, 0.25) is 5.91 Å². The van der Waals surface area contributed by atoms with E-state index in [0.717, 1.165) is 19.6 Å². The number of carbonyl (C=O) groups is 1. The average Bonchev–Trinajstić information content (AvgIpc) is 2.89. The molecule has 2 N–H and O–H groups in total. The molecule has 6 unspecified atom stereocenters. The van der Waals surface area contributed by atoms with Gasteiger partial charge in [-0.05, 0) is 31.6 Å². The van der Waals surface area contributed by atoms with Crippen LogP contribution in [0.3, 0.4) is 0 Å². The Morgan fingerprint density at radius 3 is 2.62 bits per heavy atom. The van der Waals surface area contributed by atoms with Crippen LogP contribution in [0.25, 0.3) is 0 Å². The lowest BCUT2D eigenvalue weighted by Gasteiger charge is -2.62. The number of nitrogens with two attached hydrogens (primary N) is 1. The van der Waals surface area contributed by atoms with Crippen LogP contribution < -0.4 is 5.73 Å². The minimum Gasteiger partial charge on any atom is -0.377 e. The smallest absolute Gasteiger partial charge is 0.243 e. The molecule has 1 aliphatic carbocycles. The third-order valence-electron chi connectivity index (χ3n) is 6.67. The van der Waals surface area contributed by atoms with E-state index in [2.05, 4.69) is 39.5 Å². The van der Waals surface area contributed by atoms with E-state index in [-0.39, 0.29) is 29.4 Å². The Balaban J connectivity index is 1.87. The van der Waals surface area contributed by atoms with Crippen molar-refractivity contribution in [1.82, 2.24) is 4.90 Å². The highest BCUT2D eigenvalue weighted by Gasteiger charge is 2.72. The molecule has 0 aromatic heterocycles. The summed E-state index contributed by atoms with van der Waals surface area (Å²) in [4.78, 5) is 15.4. The molecule has 0 aromatic rings. The fourth-order valence-corrected chi connectivity index (χ4v) is 5.04. The van der Waals surface area contributed by atoms with Crippen molar-refractivity contribution in [3.63, 3.8) is 0 Å². The second-order valence-corrected chi connectivity index (χ2v) is 8.29. The molecule has 0 spiro atoms. The van der Waals surface area contributed by atoms with E-state index < -0.39 is 5.54 Å². The quantitative estimate of drug-likeness (QED) is 0.805. The number of hydrogen-bond donors (Lipinski definition) is 1. The number of carbonyl (C=O) groups excluding carboxylic acids is 1. The molecular weight excluding hydrogens is 264 g/mol. The van der Waals surface area contributed by atoms with Crippen LogP contribution >= 0.6 is 0 Å². The molecule has 21 heavy (non-hydrogen) atoms. The Kier molecular flexibility index (Phi) is 3.42. The fourth-order valence-electron chi connectivity index (χ4n) is 5.04. The topological polar surface area (TPSA) is 55.6 Å². The third kappa shape index (κ3) is 1.84. The molecule has 2 aliphatic heterocycles. The zero-order valence-electron chi connectivity index (χ0n) is 14.1. The third-order valence-corrected chi connectivity index (χ3v) is 6.67. The zero-order chi connectivity index (χ0) is 15.6. The van der Waals surface area contributed by atoms with Gasteiger partial charge in [0.15, 0.2) is 0 Å². The lowest BCUT2D eigenvalue weighted by atomic mass is 9.47. The van der Waals surface area contributed by atoms with Crippen LogP contribution in [-0.2, 0) is 9.53 Å². The van der Waals surface area contributed by atoms with E-state index in [4.69, 9.17) is 10.5 Å². The highest BCUT2D eigenvalue weighted by Crippen LogP contribution is 2.59. The van der Waals surface area contributed by atoms with Crippen molar-refractivity contribution in [2.45, 2.75) is 65.1 Å². The van der Waals surface area contributed by atoms with Gasteiger partial charge in [-0.1, -0.05) is 27.7 Å². The number of piperidine rings is 1. The minimum absolute atomic E-state index is 0.154. The predicted molar refractivity (Wildman–Crippen MR) is 82.7 cm³/mol. The molecule has 4 nitrogen and oxygen atoms in total. The standard InChI is InChI=1S/C17H30N2O2/c1-10-8-11(2)12(3)19(9-10)15(20)17(18)13-6-7-21-14(13)16(17,4)5/h10-14H,6-9,18H2,1-5H3. The van der Waals surface area contributed by atoms with Crippen LogP contribution in [0.4, 0.5) is 0 Å². The molecular formula is C17H30N2O2. The summed E-state index contributed by atoms with van der Waals surface area (Å²) in [6.45, 7) is 12.4. The Morgan fingerprint density at radius 2 is 1.95 bits per heavy atom. The van der Waals surface area contributed by atoms with Crippen molar-refractivity contribution < 1.29 is 9.53 Å². The lowest BCUT2D eigenvalue weighted by molar-refractivity contribution is -0.188. The van der Waals surface area contributed by atoms with Crippen LogP contribution in [-0.4, -0.2) is 41.6 Å². The van der Waals surface area contributed by atoms with E-state index >= 15 is 0 Å². The maximum absolute atomic E-state index is 13.3. The lowest BCUT2D eigenvalue weighted by Crippen LogP contribution is -2.81.